The Kier molecular flexibility index (Phi) is 8.75. The molecule has 1 aliphatic rings. The molecule has 0 unspecified atom stereocenters. The van der Waals surface area contributed by atoms with Gasteiger partial charge in [-0.05, 0) is 63.2 Å². The van der Waals surface area contributed by atoms with Crippen molar-refractivity contribution in [3.05, 3.63) is 71.0 Å². The third-order valence-corrected chi connectivity index (χ3v) is 6.76. The molecule has 1 fully saturated rings. The maximum atomic E-state index is 12.6. The van der Waals surface area contributed by atoms with Crippen molar-refractivity contribution in [2.24, 2.45) is 10.7 Å². The summed E-state index contributed by atoms with van der Waals surface area (Å²) in [4.78, 5) is 28.6. The average Bonchev–Trinajstić information content (AvgIpc) is 3.43. The van der Waals surface area contributed by atoms with Gasteiger partial charge in [-0.25, -0.2) is 9.97 Å². The molecule has 0 bridgehead atoms. The quantitative estimate of drug-likeness (QED) is 0.372. The maximum absolute atomic E-state index is 12.6. The highest BCUT2D eigenvalue weighted by molar-refractivity contribution is 5.92. The number of rotatable bonds is 8. The number of amides is 1. The molecular weight excluding hydrogens is 492 g/mol. The minimum Gasteiger partial charge on any atom is -0.403 e. The van der Waals surface area contributed by atoms with Gasteiger partial charge in [0.1, 0.15) is 5.76 Å². The smallest absolute Gasteiger partial charge is 0.273 e. The Labute approximate surface area is 229 Å². The third kappa shape index (κ3) is 7.51. The van der Waals surface area contributed by atoms with Crippen molar-refractivity contribution in [2.75, 3.05) is 25.5 Å². The Hall–Kier alpha value is -4.05. The van der Waals surface area contributed by atoms with Gasteiger partial charge in [0.15, 0.2) is 5.69 Å². The topological polar surface area (TPSA) is 135 Å². The van der Waals surface area contributed by atoms with E-state index in [1.165, 1.54) is 6.20 Å². The van der Waals surface area contributed by atoms with Crippen LogP contribution in [0.1, 0.15) is 61.0 Å². The second-order valence-corrected chi connectivity index (χ2v) is 11.0. The van der Waals surface area contributed by atoms with Crippen LogP contribution >= 0.6 is 0 Å². The van der Waals surface area contributed by atoms with Crippen LogP contribution in [0.2, 0.25) is 0 Å². The number of anilines is 1. The van der Waals surface area contributed by atoms with Gasteiger partial charge in [0, 0.05) is 42.2 Å². The number of hydrogen-bond acceptors (Lipinski definition) is 9. The van der Waals surface area contributed by atoms with E-state index in [0.717, 1.165) is 48.3 Å². The van der Waals surface area contributed by atoms with Crippen molar-refractivity contribution in [2.45, 2.75) is 58.5 Å². The number of nitrogens with zero attached hydrogens (tertiary/aromatic N) is 5. The second kappa shape index (κ2) is 12.2. The van der Waals surface area contributed by atoms with E-state index in [0.29, 0.717) is 30.0 Å². The normalized spacial score (nSPS) is 15.6. The summed E-state index contributed by atoms with van der Waals surface area (Å²) < 4.78 is 5.33. The molecule has 1 saturated heterocycles. The van der Waals surface area contributed by atoms with Gasteiger partial charge in [-0.1, -0.05) is 38.1 Å². The van der Waals surface area contributed by atoms with E-state index in [1.807, 2.05) is 52.0 Å². The van der Waals surface area contributed by atoms with Gasteiger partial charge >= 0.3 is 0 Å². The number of aromatic nitrogens is 3. The molecule has 3 heterocycles. The van der Waals surface area contributed by atoms with Crippen LogP contribution in [0.15, 0.2) is 57.9 Å². The molecule has 0 atom stereocenters. The standard InChI is InChI=1S/C29H38N8O2/c1-19-14-20(6-7-21(19)17-33-27(38)25-15-26(39-36-25)29(2,3)4)24-8-11-31-28(35-24)34-23(16-30)18-32-22-9-12-37(5)13-10-22/h6-8,11,14-16,18,22H,9-10,12-13,17,30H2,1-5H3,(H,33,38)(H,31,34,35)/b23-16+,32-18?. The first-order valence-corrected chi connectivity index (χ1v) is 13.2. The molecule has 1 aliphatic heterocycles. The first-order chi connectivity index (χ1) is 18.6. The number of carbonyl (C=O) groups excluding carboxylic acids is 1. The van der Waals surface area contributed by atoms with Gasteiger partial charge in [0.2, 0.25) is 5.95 Å². The zero-order valence-corrected chi connectivity index (χ0v) is 23.4. The van der Waals surface area contributed by atoms with Crippen molar-refractivity contribution >= 4 is 18.1 Å². The average molecular weight is 531 g/mol. The zero-order chi connectivity index (χ0) is 28.0. The van der Waals surface area contributed by atoms with Crippen LogP contribution in [0.25, 0.3) is 11.3 Å². The van der Waals surface area contributed by atoms with Crippen LogP contribution in [-0.4, -0.2) is 58.3 Å². The van der Waals surface area contributed by atoms with Crippen molar-refractivity contribution in [3.63, 3.8) is 0 Å². The van der Waals surface area contributed by atoms with Crippen LogP contribution in [-0.2, 0) is 12.0 Å². The van der Waals surface area contributed by atoms with Gasteiger partial charge in [-0.2, -0.15) is 0 Å². The summed E-state index contributed by atoms with van der Waals surface area (Å²) in [6.07, 6.45) is 7.02. The predicted molar refractivity (Wildman–Crippen MR) is 153 cm³/mol. The number of hydrogen-bond donors (Lipinski definition) is 3. The molecule has 0 aliphatic carbocycles. The fourth-order valence-electron chi connectivity index (χ4n) is 4.21. The highest BCUT2D eigenvalue weighted by atomic mass is 16.5. The van der Waals surface area contributed by atoms with Crippen LogP contribution in [0.3, 0.4) is 0 Å². The maximum Gasteiger partial charge on any atom is 0.273 e. The summed E-state index contributed by atoms with van der Waals surface area (Å²) in [6, 6.07) is 9.87. The van der Waals surface area contributed by atoms with E-state index < -0.39 is 0 Å². The summed E-state index contributed by atoms with van der Waals surface area (Å²) in [5, 5.41) is 10.0. The number of aryl methyl sites for hydroxylation is 1. The molecule has 4 N–H and O–H groups in total. The highest BCUT2D eigenvalue weighted by Gasteiger charge is 2.22. The predicted octanol–water partition coefficient (Wildman–Crippen LogP) is 4.04. The number of carbonyl (C=O) groups is 1. The van der Waals surface area contributed by atoms with Gasteiger partial charge in [-0.15, -0.1) is 0 Å². The lowest BCUT2D eigenvalue weighted by Gasteiger charge is -2.26. The lowest BCUT2D eigenvalue weighted by atomic mass is 9.93. The summed E-state index contributed by atoms with van der Waals surface area (Å²) >= 11 is 0. The Bertz CT molecular complexity index is 1350. The zero-order valence-electron chi connectivity index (χ0n) is 23.4. The number of allylic oxidation sites excluding steroid dienone is 1. The van der Waals surface area contributed by atoms with Gasteiger partial charge in [-0.3, -0.25) is 9.79 Å². The van der Waals surface area contributed by atoms with Gasteiger partial charge in [0.25, 0.3) is 5.91 Å². The van der Waals surface area contributed by atoms with Crippen LogP contribution in [0.4, 0.5) is 5.95 Å². The van der Waals surface area contributed by atoms with Crippen LogP contribution < -0.4 is 16.4 Å². The molecule has 10 heteroatoms. The van der Waals surface area contributed by atoms with E-state index in [2.05, 4.69) is 37.7 Å². The van der Waals surface area contributed by atoms with Crippen molar-refractivity contribution in [3.8, 4) is 11.3 Å². The molecule has 0 spiro atoms. The Morgan fingerprint density at radius 1 is 1.23 bits per heavy atom. The third-order valence-electron chi connectivity index (χ3n) is 6.76. The first kappa shape index (κ1) is 28.0. The van der Waals surface area contributed by atoms with E-state index in [-0.39, 0.29) is 17.0 Å². The number of nitrogens with one attached hydrogen (secondary N) is 2. The Morgan fingerprint density at radius 2 is 2.00 bits per heavy atom. The van der Waals surface area contributed by atoms with Gasteiger partial charge < -0.3 is 25.8 Å². The largest absolute Gasteiger partial charge is 0.403 e. The molecule has 4 rings (SSSR count). The fourth-order valence-corrected chi connectivity index (χ4v) is 4.21. The Balaban J connectivity index is 1.38. The minimum atomic E-state index is -0.271. The first-order valence-electron chi connectivity index (χ1n) is 13.2. The van der Waals surface area contributed by atoms with Gasteiger partial charge in [0.05, 0.1) is 17.4 Å². The van der Waals surface area contributed by atoms with Crippen LogP contribution in [0.5, 0.6) is 0 Å². The van der Waals surface area contributed by atoms with Crippen molar-refractivity contribution in [1.29, 1.82) is 0 Å². The molecule has 0 saturated carbocycles. The lowest BCUT2D eigenvalue weighted by Crippen LogP contribution is -2.32. The number of nitrogens with two attached hydrogens (primary N) is 1. The molecule has 3 aromatic rings. The SMILES string of the molecule is Cc1cc(-c2ccnc(N/C(C=NC3CCN(C)CC3)=C/N)n2)ccc1CNC(=O)c1cc(C(C)(C)C)on1. The molecule has 1 amide bonds. The number of likely N-dealkylation sites (tertiary alicyclic amines) is 1. The van der Waals surface area contributed by atoms with Crippen molar-refractivity contribution in [1.82, 2.24) is 25.3 Å². The fraction of sp³-hybridized carbons (Fsp3) is 0.414. The summed E-state index contributed by atoms with van der Waals surface area (Å²) in [6.45, 7) is 10.5. The highest BCUT2D eigenvalue weighted by Crippen LogP contribution is 2.24. The van der Waals surface area contributed by atoms with E-state index in [1.54, 1.807) is 18.5 Å². The van der Waals surface area contributed by atoms with E-state index in [9.17, 15) is 4.79 Å². The lowest BCUT2D eigenvalue weighted by molar-refractivity contribution is 0.0941. The Morgan fingerprint density at radius 3 is 2.67 bits per heavy atom. The molecule has 1 aromatic carbocycles. The summed E-state index contributed by atoms with van der Waals surface area (Å²) in [7, 11) is 2.13. The molecule has 39 heavy (non-hydrogen) atoms. The number of piperidine rings is 1. The monoisotopic (exact) mass is 530 g/mol. The summed E-state index contributed by atoms with van der Waals surface area (Å²) in [5.74, 6) is 0.841. The molecule has 2 aromatic heterocycles. The van der Waals surface area contributed by atoms with E-state index >= 15 is 0 Å². The number of benzene rings is 1. The van der Waals surface area contributed by atoms with E-state index in [4.69, 9.17) is 15.2 Å². The minimum absolute atomic E-state index is 0.212. The summed E-state index contributed by atoms with van der Waals surface area (Å²) in [5.41, 5.74) is 10.3. The molecule has 0 radical (unpaired) electrons. The van der Waals surface area contributed by atoms with Crippen molar-refractivity contribution < 1.29 is 9.32 Å². The molecular formula is C29H38N8O2. The molecule has 206 valence electrons. The molecule has 10 nitrogen and oxygen atoms in total. The second-order valence-electron chi connectivity index (χ2n) is 11.0. The number of aliphatic imine (C=N–C) groups is 1. The van der Waals surface area contributed by atoms with Crippen LogP contribution in [0, 0.1) is 6.92 Å².